The number of anilines is 1. The van der Waals surface area contributed by atoms with Crippen LogP contribution in [-0.4, -0.2) is 35.9 Å². The number of rotatable bonds is 8. The molecule has 0 saturated carbocycles. The minimum atomic E-state index is -0.636. The summed E-state index contributed by atoms with van der Waals surface area (Å²) >= 11 is 0. The molecule has 0 heterocycles. The Labute approximate surface area is 160 Å². The van der Waals surface area contributed by atoms with E-state index in [1.54, 1.807) is 18.2 Å². The van der Waals surface area contributed by atoms with Crippen LogP contribution in [0.5, 0.6) is 0 Å². The second kappa shape index (κ2) is 9.81. The second-order valence-electron chi connectivity index (χ2n) is 5.89. The van der Waals surface area contributed by atoms with Crippen LogP contribution in [0.4, 0.5) is 11.4 Å². The Morgan fingerprint density at radius 3 is 2.46 bits per heavy atom. The number of carbonyl (C=O) groups excluding carboxylic acids is 3. The maximum atomic E-state index is 11.9. The van der Waals surface area contributed by atoms with Gasteiger partial charge in [0.1, 0.15) is 0 Å². The van der Waals surface area contributed by atoms with Crippen molar-refractivity contribution in [1.82, 2.24) is 5.32 Å². The topological polar surface area (TPSA) is 128 Å². The van der Waals surface area contributed by atoms with Crippen molar-refractivity contribution in [2.75, 3.05) is 18.5 Å². The second-order valence-corrected chi connectivity index (χ2v) is 5.89. The molecule has 0 unspecified atom stereocenters. The third kappa shape index (κ3) is 6.52. The van der Waals surface area contributed by atoms with Gasteiger partial charge in [-0.1, -0.05) is 12.1 Å². The molecule has 0 atom stereocenters. The molecule has 0 fully saturated rings. The first-order valence-corrected chi connectivity index (χ1v) is 8.40. The zero-order valence-electron chi connectivity index (χ0n) is 15.1. The van der Waals surface area contributed by atoms with E-state index in [0.717, 1.165) is 5.56 Å². The van der Waals surface area contributed by atoms with Crippen molar-refractivity contribution in [3.63, 3.8) is 0 Å². The van der Waals surface area contributed by atoms with Gasteiger partial charge in [0.15, 0.2) is 6.61 Å². The van der Waals surface area contributed by atoms with E-state index in [-0.39, 0.29) is 24.2 Å². The Morgan fingerprint density at radius 2 is 1.82 bits per heavy atom. The number of amides is 2. The molecule has 28 heavy (non-hydrogen) atoms. The molecule has 9 nitrogen and oxygen atoms in total. The summed E-state index contributed by atoms with van der Waals surface area (Å²) in [6.45, 7) is 1.47. The Morgan fingerprint density at radius 1 is 1.11 bits per heavy atom. The molecular weight excluding hydrogens is 366 g/mol. The number of carbonyl (C=O) groups is 3. The van der Waals surface area contributed by atoms with Gasteiger partial charge in [0.2, 0.25) is 0 Å². The minimum absolute atomic E-state index is 0.00809. The molecule has 0 aliphatic carbocycles. The number of benzene rings is 2. The molecule has 0 radical (unpaired) electrons. The quantitative estimate of drug-likeness (QED) is 0.407. The number of non-ortho nitro benzene ring substituents is 1. The number of hydrogen-bond donors (Lipinski definition) is 2. The normalized spacial score (nSPS) is 10.0. The number of nitro groups is 1. The summed E-state index contributed by atoms with van der Waals surface area (Å²) in [5.74, 6) is -1.57. The summed E-state index contributed by atoms with van der Waals surface area (Å²) < 4.78 is 4.86. The molecule has 0 aromatic heterocycles. The molecule has 0 aliphatic rings. The summed E-state index contributed by atoms with van der Waals surface area (Å²) in [5, 5.41) is 15.7. The molecule has 2 aromatic carbocycles. The van der Waals surface area contributed by atoms with Crippen LogP contribution in [-0.2, 0) is 14.3 Å². The number of nitro benzene ring substituents is 1. The lowest BCUT2D eigenvalue weighted by Crippen LogP contribution is -2.27. The fraction of sp³-hybridized carbons (Fsp3) is 0.211. The van der Waals surface area contributed by atoms with E-state index in [9.17, 15) is 24.5 Å². The van der Waals surface area contributed by atoms with E-state index in [0.29, 0.717) is 5.69 Å². The summed E-state index contributed by atoms with van der Waals surface area (Å²) in [7, 11) is 0. The number of ether oxygens (including phenoxy) is 1. The van der Waals surface area contributed by atoms with Crippen LogP contribution < -0.4 is 10.6 Å². The average Bonchev–Trinajstić information content (AvgIpc) is 2.66. The fourth-order valence-corrected chi connectivity index (χ4v) is 2.25. The smallest absolute Gasteiger partial charge is 0.308 e. The molecule has 9 heteroatoms. The van der Waals surface area contributed by atoms with Gasteiger partial charge in [-0.25, -0.2) is 0 Å². The highest BCUT2D eigenvalue weighted by molar-refractivity contribution is 5.95. The molecule has 2 N–H and O–H groups in total. The van der Waals surface area contributed by atoms with Crippen LogP contribution in [0.15, 0.2) is 48.5 Å². The summed E-state index contributed by atoms with van der Waals surface area (Å²) in [4.78, 5) is 45.4. The summed E-state index contributed by atoms with van der Waals surface area (Å²) in [6, 6.07) is 12.3. The van der Waals surface area contributed by atoms with Crippen LogP contribution in [0.3, 0.4) is 0 Å². The Bertz CT molecular complexity index is 879. The van der Waals surface area contributed by atoms with Crippen LogP contribution >= 0.6 is 0 Å². The van der Waals surface area contributed by atoms with Crippen molar-refractivity contribution >= 4 is 29.2 Å². The molecule has 0 saturated heterocycles. The Kier molecular flexibility index (Phi) is 7.21. The molecule has 0 spiro atoms. The van der Waals surface area contributed by atoms with Crippen molar-refractivity contribution in [2.24, 2.45) is 0 Å². The molecule has 2 amide bonds. The van der Waals surface area contributed by atoms with E-state index in [2.05, 4.69) is 10.6 Å². The van der Waals surface area contributed by atoms with Crippen molar-refractivity contribution in [3.05, 3.63) is 69.8 Å². The highest BCUT2D eigenvalue weighted by Gasteiger charge is 2.11. The Balaban J connectivity index is 1.68. The molecule has 146 valence electrons. The monoisotopic (exact) mass is 385 g/mol. The lowest BCUT2D eigenvalue weighted by Gasteiger charge is -2.08. The van der Waals surface area contributed by atoms with Gasteiger partial charge in [-0.15, -0.1) is 0 Å². The van der Waals surface area contributed by atoms with E-state index in [1.807, 2.05) is 13.0 Å². The predicted molar refractivity (Wildman–Crippen MR) is 101 cm³/mol. The average molecular weight is 385 g/mol. The van der Waals surface area contributed by atoms with Crippen LogP contribution in [0, 0.1) is 17.0 Å². The lowest BCUT2D eigenvalue weighted by molar-refractivity contribution is -0.384. The molecule has 2 rings (SSSR count). The minimum Gasteiger partial charge on any atom is -0.456 e. The number of hydrogen-bond acceptors (Lipinski definition) is 6. The van der Waals surface area contributed by atoms with Gasteiger partial charge in [-0.3, -0.25) is 24.5 Å². The van der Waals surface area contributed by atoms with Crippen LogP contribution in [0.2, 0.25) is 0 Å². The van der Waals surface area contributed by atoms with Crippen molar-refractivity contribution in [3.8, 4) is 0 Å². The third-order valence-corrected chi connectivity index (χ3v) is 3.62. The molecule has 0 aliphatic heterocycles. The van der Waals surface area contributed by atoms with Gasteiger partial charge in [0, 0.05) is 29.9 Å². The van der Waals surface area contributed by atoms with Gasteiger partial charge < -0.3 is 15.4 Å². The van der Waals surface area contributed by atoms with E-state index < -0.39 is 29.3 Å². The SMILES string of the molecule is Cc1cccc(NC(=O)COC(=O)CCNC(=O)c2ccc([N+](=O)[O-])cc2)c1. The van der Waals surface area contributed by atoms with Crippen molar-refractivity contribution < 1.29 is 24.0 Å². The lowest BCUT2D eigenvalue weighted by atomic mass is 10.2. The van der Waals surface area contributed by atoms with E-state index in [1.165, 1.54) is 24.3 Å². The largest absolute Gasteiger partial charge is 0.456 e. The van der Waals surface area contributed by atoms with Crippen LogP contribution in [0.1, 0.15) is 22.3 Å². The third-order valence-electron chi connectivity index (χ3n) is 3.62. The van der Waals surface area contributed by atoms with E-state index >= 15 is 0 Å². The zero-order chi connectivity index (χ0) is 20.5. The number of aryl methyl sites for hydroxylation is 1. The first-order valence-electron chi connectivity index (χ1n) is 8.40. The highest BCUT2D eigenvalue weighted by Crippen LogP contribution is 2.12. The van der Waals surface area contributed by atoms with Gasteiger partial charge in [0.25, 0.3) is 17.5 Å². The maximum absolute atomic E-state index is 11.9. The predicted octanol–water partition coefficient (Wildman–Crippen LogP) is 2.21. The van der Waals surface area contributed by atoms with Gasteiger partial charge in [-0.2, -0.15) is 0 Å². The standard InChI is InChI=1S/C19H19N3O6/c1-13-3-2-4-15(11-13)21-17(23)12-28-18(24)9-10-20-19(25)14-5-7-16(8-6-14)22(26)27/h2-8,11H,9-10,12H2,1H3,(H,20,25)(H,21,23). The first-order chi connectivity index (χ1) is 13.3. The van der Waals surface area contributed by atoms with Gasteiger partial charge in [-0.05, 0) is 36.8 Å². The van der Waals surface area contributed by atoms with Gasteiger partial charge in [0.05, 0.1) is 11.3 Å². The summed E-state index contributed by atoms with van der Waals surface area (Å²) in [5.41, 5.74) is 1.70. The van der Waals surface area contributed by atoms with Crippen molar-refractivity contribution in [1.29, 1.82) is 0 Å². The zero-order valence-corrected chi connectivity index (χ0v) is 15.1. The van der Waals surface area contributed by atoms with E-state index in [4.69, 9.17) is 4.74 Å². The summed E-state index contributed by atoms with van der Waals surface area (Å²) in [6.07, 6.45) is -0.115. The number of nitrogens with zero attached hydrogens (tertiary/aromatic N) is 1. The molecule has 2 aromatic rings. The molecular formula is C19H19N3O6. The van der Waals surface area contributed by atoms with Crippen molar-refractivity contribution in [2.45, 2.75) is 13.3 Å². The Hall–Kier alpha value is -3.75. The van der Waals surface area contributed by atoms with Gasteiger partial charge >= 0.3 is 5.97 Å². The molecule has 0 bridgehead atoms. The fourth-order valence-electron chi connectivity index (χ4n) is 2.25. The first kappa shape index (κ1) is 20.6. The van der Waals surface area contributed by atoms with Crippen LogP contribution in [0.25, 0.3) is 0 Å². The highest BCUT2D eigenvalue weighted by atomic mass is 16.6. The maximum Gasteiger partial charge on any atom is 0.308 e. The number of nitrogens with one attached hydrogen (secondary N) is 2. The number of esters is 1.